The van der Waals surface area contributed by atoms with Gasteiger partial charge in [0, 0.05) is 17.4 Å². The number of nitrogens with one attached hydrogen (secondary N) is 2. The zero-order valence-corrected chi connectivity index (χ0v) is 16.3. The van der Waals surface area contributed by atoms with Crippen molar-refractivity contribution >= 4 is 23.1 Å². The first-order chi connectivity index (χ1) is 13.0. The minimum absolute atomic E-state index is 0.515. The summed E-state index contributed by atoms with van der Waals surface area (Å²) in [6.45, 7) is 8.90. The molecule has 5 heteroatoms. The number of rotatable bonds is 7. The van der Waals surface area contributed by atoms with Crippen molar-refractivity contribution in [1.82, 2.24) is 9.97 Å². The second kappa shape index (κ2) is 8.54. The fraction of sp³-hybridized carbons (Fsp3) is 0.273. The van der Waals surface area contributed by atoms with E-state index < -0.39 is 0 Å². The molecular weight excluding hydrogens is 336 g/mol. The maximum Gasteiger partial charge on any atom is 0.229 e. The first-order valence-electron chi connectivity index (χ1n) is 9.26. The van der Waals surface area contributed by atoms with Crippen LogP contribution in [-0.2, 0) is 0 Å². The van der Waals surface area contributed by atoms with Crippen LogP contribution in [0.1, 0.15) is 37.9 Å². The molecule has 0 saturated carbocycles. The molecule has 0 atom stereocenters. The average Bonchev–Trinajstić information content (AvgIpc) is 2.63. The van der Waals surface area contributed by atoms with Gasteiger partial charge >= 0.3 is 0 Å². The molecule has 0 spiro atoms. The van der Waals surface area contributed by atoms with Crippen molar-refractivity contribution in [3.63, 3.8) is 0 Å². The molecule has 0 aliphatic rings. The van der Waals surface area contributed by atoms with Crippen molar-refractivity contribution in [3.05, 3.63) is 65.9 Å². The van der Waals surface area contributed by atoms with Crippen molar-refractivity contribution in [2.24, 2.45) is 0 Å². The molecule has 27 heavy (non-hydrogen) atoms. The molecule has 2 N–H and O–H groups in total. The van der Waals surface area contributed by atoms with Gasteiger partial charge in [-0.1, -0.05) is 38.1 Å². The van der Waals surface area contributed by atoms with Crippen LogP contribution in [0.4, 0.5) is 23.1 Å². The van der Waals surface area contributed by atoms with Crippen molar-refractivity contribution < 1.29 is 4.74 Å². The van der Waals surface area contributed by atoms with Crippen LogP contribution in [0.3, 0.4) is 0 Å². The van der Waals surface area contributed by atoms with Gasteiger partial charge < -0.3 is 15.4 Å². The van der Waals surface area contributed by atoms with E-state index in [4.69, 9.17) is 4.74 Å². The van der Waals surface area contributed by atoms with Gasteiger partial charge in [-0.25, -0.2) is 4.98 Å². The monoisotopic (exact) mass is 362 g/mol. The molecule has 0 aliphatic carbocycles. The predicted octanol–water partition coefficient (Wildman–Crippen LogP) is 5.79. The number of aryl methyl sites for hydroxylation is 1. The Hall–Kier alpha value is -3.08. The first kappa shape index (κ1) is 18.7. The van der Waals surface area contributed by atoms with E-state index in [2.05, 4.69) is 58.7 Å². The fourth-order valence-electron chi connectivity index (χ4n) is 2.76. The van der Waals surface area contributed by atoms with Gasteiger partial charge in [0.1, 0.15) is 11.6 Å². The first-order valence-corrected chi connectivity index (χ1v) is 9.26. The molecule has 1 heterocycles. The quantitative estimate of drug-likeness (QED) is 0.557. The molecule has 0 amide bonds. The molecule has 0 bridgehead atoms. The van der Waals surface area contributed by atoms with Gasteiger partial charge in [0.2, 0.25) is 5.95 Å². The zero-order valence-electron chi connectivity index (χ0n) is 16.3. The highest BCUT2D eigenvalue weighted by atomic mass is 16.5. The molecule has 1 aromatic heterocycles. The topological polar surface area (TPSA) is 59.1 Å². The lowest BCUT2D eigenvalue weighted by Gasteiger charge is -2.13. The molecule has 140 valence electrons. The summed E-state index contributed by atoms with van der Waals surface area (Å²) in [5.41, 5.74) is 4.03. The SMILES string of the molecule is CCOc1ccccc1Nc1nc(C)cc(Nc2ccc(C(C)C)cc2)n1. The van der Waals surface area contributed by atoms with E-state index >= 15 is 0 Å². The number of nitrogens with zero attached hydrogens (tertiary/aromatic N) is 2. The third-order valence-electron chi connectivity index (χ3n) is 4.14. The number of para-hydroxylation sites is 2. The van der Waals surface area contributed by atoms with Crippen molar-refractivity contribution in [3.8, 4) is 5.75 Å². The highest BCUT2D eigenvalue weighted by Crippen LogP contribution is 2.27. The normalized spacial score (nSPS) is 10.7. The van der Waals surface area contributed by atoms with Gasteiger partial charge in [-0.05, 0) is 49.6 Å². The van der Waals surface area contributed by atoms with Crippen LogP contribution in [0.2, 0.25) is 0 Å². The van der Waals surface area contributed by atoms with E-state index in [1.54, 1.807) is 0 Å². The molecule has 3 aromatic rings. The molecule has 0 aliphatic heterocycles. The van der Waals surface area contributed by atoms with Gasteiger partial charge in [-0.15, -0.1) is 0 Å². The van der Waals surface area contributed by atoms with Crippen LogP contribution in [0.5, 0.6) is 5.75 Å². The summed E-state index contributed by atoms with van der Waals surface area (Å²) in [6, 6.07) is 18.1. The minimum atomic E-state index is 0.515. The molecule has 0 unspecified atom stereocenters. The lowest BCUT2D eigenvalue weighted by Crippen LogP contribution is -2.04. The van der Waals surface area contributed by atoms with E-state index in [1.807, 2.05) is 44.2 Å². The van der Waals surface area contributed by atoms with Crippen molar-refractivity contribution in [2.45, 2.75) is 33.6 Å². The lowest BCUT2D eigenvalue weighted by atomic mass is 10.0. The molecule has 5 nitrogen and oxygen atoms in total. The molecule has 0 radical (unpaired) electrons. The number of anilines is 4. The van der Waals surface area contributed by atoms with Crippen LogP contribution in [0, 0.1) is 6.92 Å². The van der Waals surface area contributed by atoms with Gasteiger partial charge in [-0.2, -0.15) is 4.98 Å². The van der Waals surface area contributed by atoms with Crippen LogP contribution >= 0.6 is 0 Å². The van der Waals surface area contributed by atoms with Gasteiger partial charge in [0.15, 0.2) is 0 Å². The largest absolute Gasteiger partial charge is 0.492 e. The summed E-state index contributed by atoms with van der Waals surface area (Å²) in [5, 5.41) is 6.62. The Bertz CT molecular complexity index is 891. The summed E-state index contributed by atoms with van der Waals surface area (Å²) < 4.78 is 5.66. The minimum Gasteiger partial charge on any atom is -0.492 e. The van der Waals surface area contributed by atoms with Gasteiger partial charge in [-0.3, -0.25) is 0 Å². The molecule has 2 aromatic carbocycles. The Morgan fingerprint density at radius 3 is 2.41 bits per heavy atom. The van der Waals surface area contributed by atoms with Crippen LogP contribution in [0.25, 0.3) is 0 Å². The van der Waals surface area contributed by atoms with Crippen molar-refractivity contribution in [2.75, 3.05) is 17.2 Å². The Kier molecular flexibility index (Phi) is 5.91. The Balaban J connectivity index is 1.80. The standard InChI is InChI=1S/C22H26N4O/c1-5-27-20-9-7-6-8-19(20)25-22-23-16(4)14-21(26-22)24-18-12-10-17(11-13-18)15(2)3/h6-15H,5H2,1-4H3,(H2,23,24,25,26). The van der Waals surface area contributed by atoms with E-state index in [0.717, 1.165) is 28.6 Å². The summed E-state index contributed by atoms with van der Waals surface area (Å²) >= 11 is 0. The number of hydrogen-bond acceptors (Lipinski definition) is 5. The highest BCUT2D eigenvalue weighted by Gasteiger charge is 2.07. The number of hydrogen-bond donors (Lipinski definition) is 2. The molecular formula is C22H26N4O. The van der Waals surface area contributed by atoms with E-state index in [9.17, 15) is 0 Å². The van der Waals surface area contributed by atoms with E-state index in [1.165, 1.54) is 5.56 Å². The number of aromatic nitrogens is 2. The van der Waals surface area contributed by atoms with Gasteiger partial charge in [0.05, 0.1) is 12.3 Å². The Morgan fingerprint density at radius 1 is 0.963 bits per heavy atom. The average molecular weight is 362 g/mol. The van der Waals surface area contributed by atoms with Crippen LogP contribution in [0.15, 0.2) is 54.6 Å². The zero-order chi connectivity index (χ0) is 19.2. The number of benzene rings is 2. The second-order valence-electron chi connectivity index (χ2n) is 6.67. The molecule has 0 fully saturated rings. The summed E-state index contributed by atoms with van der Waals surface area (Å²) in [5.74, 6) is 2.57. The predicted molar refractivity (Wildman–Crippen MR) is 111 cm³/mol. The van der Waals surface area contributed by atoms with Crippen molar-refractivity contribution in [1.29, 1.82) is 0 Å². The molecule has 0 saturated heterocycles. The number of ether oxygens (including phenoxy) is 1. The summed E-state index contributed by atoms with van der Waals surface area (Å²) in [7, 11) is 0. The Labute approximate surface area is 160 Å². The maximum absolute atomic E-state index is 5.66. The smallest absolute Gasteiger partial charge is 0.229 e. The maximum atomic E-state index is 5.66. The van der Waals surface area contributed by atoms with Crippen LogP contribution in [-0.4, -0.2) is 16.6 Å². The molecule has 3 rings (SSSR count). The third-order valence-corrected chi connectivity index (χ3v) is 4.14. The summed E-state index contributed by atoms with van der Waals surface area (Å²) in [4.78, 5) is 9.09. The highest BCUT2D eigenvalue weighted by molar-refractivity contribution is 5.64. The fourth-order valence-corrected chi connectivity index (χ4v) is 2.76. The summed E-state index contributed by atoms with van der Waals surface area (Å²) in [6.07, 6.45) is 0. The second-order valence-corrected chi connectivity index (χ2v) is 6.67. The van der Waals surface area contributed by atoms with Gasteiger partial charge in [0.25, 0.3) is 0 Å². The van der Waals surface area contributed by atoms with E-state index in [0.29, 0.717) is 18.5 Å². The van der Waals surface area contributed by atoms with E-state index in [-0.39, 0.29) is 0 Å². The third kappa shape index (κ3) is 4.97. The Morgan fingerprint density at radius 2 is 1.70 bits per heavy atom. The lowest BCUT2D eigenvalue weighted by molar-refractivity contribution is 0.342. The van der Waals surface area contributed by atoms with Crippen LogP contribution < -0.4 is 15.4 Å².